The van der Waals surface area contributed by atoms with Crippen molar-refractivity contribution in [1.29, 1.82) is 0 Å². The first-order valence-corrected chi connectivity index (χ1v) is 8.40. The molecule has 3 rings (SSSR count). The number of fused-ring (bicyclic) bond motifs is 1. The number of rotatable bonds is 4. The summed E-state index contributed by atoms with van der Waals surface area (Å²) in [6.45, 7) is 10.8. The zero-order valence-electron chi connectivity index (χ0n) is 15.0. The van der Waals surface area contributed by atoms with Crippen molar-refractivity contribution in [2.45, 2.75) is 46.1 Å². The molecule has 2 aromatic heterocycles. The molecule has 1 atom stereocenters. The summed E-state index contributed by atoms with van der Waals surface area (Å²) in [6, 6.07) is 14.6. The Morgan fingerprint density at radius 2 is 1.67 bits per heavy atom. The maximum Gasteiger partial charge on any atom is 0.178 e. The monoisotopic (exact) mass is 323 g/mol. The van der Waals surface area contributed by atoms with Crippen molar-refractivity contribution in [2.75, 3.05) is 5.32 Å². The maximum absolute atomic E-state index is 4.73. The Bertz CT molecular complexity index is 815. The molecule has 0 aliphatic heterocycles. The first-order chi connectivity index (χ1) is 11.4. The topological polar surface area (TPSA) is 55.1 Å². The second kappa shape index (κ2) is 6.23. The number of aromatic nitrogens is 4. The fourth-order valence-electron chi connectivity index (χ4n) is 2.79. The normalized spacial score (nSPS) is 13.4. The summed E-state index contributed by atoms with van der Waals surface area (Å²) in [7, 11) is 0. The number of hydrogen-bond donors (Lipinski definition) is 1. The van der Waals surface area contributed by atoms with Crippen LogP contribution in [0, 0.1) is 5.92 Å². The molecule has 5 heteroatoms. The van der Waals surface area contributed by atoms with Crippen LogP contribution in [-0.2, 0) is 5.41 Å². The van der Waals surface area contributed by atoms with Gasteiger partial charge in [-0.15, -0.1) is 15.3 Å². The third-order valence-corrected chi connectivity index (χ3v) is 4.06. The Labute approximate surface area is 143 Å². The van der Waals surface area contributed by atoms with Crippen LogP contribution in [0.15, 0.2) is 42.5 Å². The zero-order valence-corrected chi connectivity index (χ0v) is 15.0. The second-order valence-electron chi connectivity index (χ2n) is 7.54. The van der Waals surface area contributed by atoms with Crippen molar-refractivity contribution in [3.8, 4) is 0 Å². The lowest BCUT2D eigenvalue weighted by atomic mass is 9.96. The van der Waals surface area contributed by atoms with Gasteiger partial charge >= 0.3 is 0 Å². The molecule has 1 unspecified atom stereocenters. The van der Waals surface area contributed by atoms with Crippen LogP contribution >= 0.6 is 0 Å². The molecule has 0 fully saturated rings. The van der Waals surface area contributed by atoms with Gasteiger partial charge in [0.05, 0.1) is 6.04 Å². The molecule has 0 bridgehead atoms. The van der Waals surface area contributed by atoms with Gasteiger partial charge in [-0.2, -0.15) is 4.52 Å². The lowest BCUT2D eigenvalue weighted by Crippen LogP contribution is -2.20. The second-order valence-corrected chi connectivity index (χ2v) is 7.54. The summed E-state index contributed by atoms with van der Waals surface area (Å²) in [4.78, 5) is 0. The Morgan fingerprint density at radius 3 is 2.29 bits per heavy atom. The van der Waals surface area contributed by atoms with Crippen LogP contribution < -0.4 is 5.32 Å². The van der Waals surface area contributed by atoms with Crippen LogP contribution in [0.25, 0.3) is 5.65 Å². The van der Waals surface area contributed by atoms with E-state index in [1.807, 2.05) is 22.7 Å². The van der Waals surface area contributed by atoms with Crippen LogP contribution in [0.3, 0.4) is 0 Å². The van der Waals surface area contributed by atoms with E-state index >= 15 is 0 Å². The molecular weight excluding hydrogens is 298 g/mol. The minimum Gasteiger partial charge on any atom is -0.362 e. The van der Waals surface area contributed by atoms with E-state index in [9.17, 15) is 0 Å². The smallest absolute Gasteiger partial charge is 0.178 e. The summed E-state index contributed by atoms with van der Waals surface area (Å²) < 4.78 is 1.84. The van der Waals surface area contributed by atoms with Gasteiger partial charge in [0.2, 0.25) is 0 Å². The first-order valence-electron chi connectivity index (χ1n) is 8.40. The van der Waals surface area contributed by atoms with Crippen molar-refractivity contribution in [3.63, 3.8) is 0 Å². The van der Waals surface area contributed by atoms with Crippen molar-refractivity contribution >= 4 is 11.5 Å². The SMILES string of the molecule is CC(C)C(Nc1ccc2nnc(C(C)(C)C)n2n1)c1ccccc1. The predicted octanol–water partition coefficient (Wildman–Crippen LogP) is 4.23. The zero-order chi connectivity index (χ0) is 17.3. The molecule has 0 spiro atoms. The van der Waals surface area contributed by atoms with E-state index in [4.69, 9.17) is 5.10 Å². The lowest BCUT2D eigenvalue weighted by molar-refractivity contribution is 0.523. The van der Waals surface area contributed by atoms with E-state index < -0.39 is 0 Å². The number of nitrogens with one attached hydrogen (secondary N) is 1. The van der Waals surface area contributed by atoms with Crippen molar-refractivity contribution in [1.82, 2.24) is 19.8 Å². The standard InChI is InChI=1S/C19H25N5/c1-13(2)17(14-9-7-6-8-10-14)20-15-11-12-16-21-22-18(19(3,4)5)24(16)23-15/h6-13,17H,1-5H3,(H,20,23). The third-order valence-electron chi connectivity index (χ3n) is 4.06. The van der Waals surface area contributed by atoms with Gasteiger partial charge in [-0.05, 0) is 23.6 Å². The van der Waals surface area contributed by atoms with Crippen LogP contribution in [0.5, 0.6) is 0 Å². The van der Waals surface area contributed by atoms with Gasteiger partial charge in [0.1, 0.15) is 5.82 Å². The average Bonchev–Trinajstić information content (AvgIpc) is 2.96. The Balaban J connectivity index is 1.97. The molecule has 1 aromatic carbocycles. The number of benzene rings is 1. The van der Waals surface area contributed by atoms with E-state index in [1.54, 1.807) is 0 Å². The minimum absolute atomic E-state index is 0.109. The van der Waals surface area contributed by atoms with Crippen molar-refractivity contribution in [3.05, 3.63) is 53.9 Å². The number of anilines is 1. The van der Waals surface area contributed by atoms with Gasteiger partial charge in [0, 0.05) is 5.41 Å². The molecule has 0 amide bonds. The molecule has 126 valence electrons. The molecular formula is C19H25N5. The highest BCUT2D eigenvalue weighted by molar-refractivity contribution is 5.46. The molecule has 0 aliphatic carbocycles. The van der Waals surface area contributed by atoms with E-state index in [0.29, 0.717) is 5.92 Å². The average molecular weight is 323 g/mol. The first kappa shape index (κ1) is 16.4. The van der Waals surface area contributed by atoms with Crippen molar-refractivity contribution < 1.29 is 0 Å². The Hall–Kier alpha value is -2.43. The minimum atomic E-state index is -0.109. The Morgan fingerprint density at radius 1 is 0.958 bits per heavy atom. The number of nitrogens with zero attached hydrogens (tertiary/aromatic N) is 4. The summed E-state index contributed by atoms with van der Waals surface area (Å²) >= 11 is 0. The molecule has 0 saturated heterocycles. The van der Waals surface area contributed by atoms with Crippen LogP contribution in [-0.4, -0.2) is 19.8 Å². The molecule has 1 N–H and O–H groups in total. The fraction of sp³-hybridized carbons (Fsp3) is 0.421. The lowest BCUT2D eigenvalue weighted by Gasteiger charge is -2.23. The third kappa shape index (κ3) is 3.25. The van der Waals surface area contributed by atoms with Gasteiger partial charge < -0.3 is 5.32 Å². The highest BCUT2D eigenvalue weighted by atomic mass is 15.4. The molecule has 3 aromatic rings. The van der Waals surface area contributed by atoms with Crippen LogP contribution in [0.4, 0.5) is 5.82 Å². The molecule has 5 nitrogen and oxygen atoms in total. The maximum atomic E-state index is 4.73. The molecule has 2 heterocycles. The highest BCUT2D eigenvalue weighted by Crippen LogP contribution is 2.26. The Kier molecular flexibility index (Phi) is 4.26. The molecule has 0 radical (unpaired) electrons. The molecule has 0 saturated carbocycles. The van der Waals surface area contributed by atoms with E-state index in [0.717, 1.165) is 17.3 Å². The quantitative estimate of drug-likeness (QED) is 0.780. The van der Waals surface area contributed by atoms with Gasteiger partial charge in [0.25, 0.3) is 0 Å². The molecule has 24 heavy (non-hydrogen) atoms. The highest BCUT2D eigenvalue weighted by Gasteiger charge is 2.22. The van der Waals surface area contributed by atoms with Crippen LogP contribution in [0.1, 0.15) is 52.0 Å². The summed E-state index contributed by atoms with van der Waals surface area (Å²) in [5.74, 6) is 2.13. The fourth-order valence-corrected chi connectivity index (χ4v) is 2.79. The predicted molar refractivity (Wildman–Crippen MR) is 97.1 cm³/mol. The van der Waals surface area contributed by atoms with Gasteiger partial charge in [-0.3, -0.25) is 0 Å². The van der Waals surface area contributed by atoms with Crippen LogP contribution in [0.2, 0.25) is 0 Å². The van der Waals surface area contributed by atoms with E-state index in [1.165, 1.54) is 5.56 Å². The summed E-state index contributed by atoms with van der Waals surface area (Å²) in [6.07, 6.45) is 0. The van der Waals surface area contributed by atoms with Gasteiger partial charge in [0.15, 0.2) is 11.5 Å². The molecule has 0 aliphatic rings. The van der Waals surface area contributed by atoms with Crippen molar-refractivity contribution in [2.24, 2.45) is 5.92 Å². The summed E-state index contributed by atoms with van der Waals surface area (Å²) in [5, 5.41) is 16.8. The van der Waals surface area contributed by atoms with Gasteiger partial charge in [-0.25, -0.2) is 0 Å². The van der Waals surface area contributed by atoms with E-state index in [2.05, 4.69) is 74.4 Å². The van der Waals surface area contributed by atoms with Gasteiger partial charge in [-0.1, -0.05) is 65.0 Å². The number of hydrogen-bond acceptors (Lipinski definition) is 4. The van der Waals surface area contributed by atoms with E-state index in [-0.39, 0.29) is 11.5 Å². The largest absolute Gasteiger partial charge is 0.362 e. The summed E-state index contributed by atoms with van der Waals surface area (Å²) in [5.41, 5.74) is 1.92.